The highest BCUT2D eigenvalue weighted by atomic mass is 28.3. The molecule has 0 radical (unpaired) electrons. The molecular formula is C25H32O6Si. The van der Waals surface area contributed by atoms with Gasteiger partial charge in [0.2, 0.25) is 5.75 Å². The lowest BCUT2D eigenvalue weighted by atomic mass is 9.97. The van der Waals surface area contributed by atoms with Crippen LogP contribution in [0, 0.1) is 0 Å². The Balaban J connectivity index is 2.30. The highest BCUT2D eigenvalue weighted by molar-refractivity contribution is 6.73. The average molecular weight is 457 g/mol. The number of carbonyl (C=O) groups excluding carboxylic acids is 1. The predicted octanol–water partition coefficient (Wildman–Crippen LogP) is 4.73. The first-order valence-electron chi connectivity index (χ1n) is 10.9. The molecule has 7 heteroatoms. The second-order valence-corrected chi connectivity index (χ2v) is 10.9. The van der Waals surface area contributed by atoms with E-state index >= 15 is 0 Å². The second-order valence-electron chi connectivity index (χ2n) is 7.99. The molecule has 3 aromatic rings. The third-order valence-electron chi connectivity index (χ3n) is 5.64. The van der Waals surface area contributed by atoms with Crippen molar-refractivity contribution in [2.75, 3.05) is 28.4 Å². The number of carbonyl (C=O) groups is 1. The van der Waals surface area contributed by atoms with Crippen molar-refractivity contribution in [3.8, 4) is 23.0 Å². The van der Waals surface area contributed by atoms with E-state index in [-0.39, 0.29) is 5.78 Å². The van der Waals surface area contributed by atoms with Crippen molar-refractivity contribution < 1.29 is 28.2 Å². The Bertz CT molecular complexity index is 1090. The van der Waals surface area contributed by atoms with Gasteiger partial charge in [-0.1, -0.05) is 26.4 Å². The zero-order valence-electron chi connectivity index (χ0n) is 20.0. The van der Waals surface area contributed by atoms with E-state index in [0.29, 0.717) is 46.1 Å². The Labute approximate surface area is 191 Å². The molecule has 172 valence electrons. The lowest BCUT2D eigenvalue weighted by Gasteiger charge is -2.14. The largest absolute Gasteiger partial charge is 0.497 e. The molecule has 6 nitrogen and oxygen atoms in total. The standard InChI is InChI=1S/C25H32O6Si/c1-8-9-10-17-23(22-18(31-17)13-16(27-2)14-21(22)32(6)7)24(26)15-11-19(28-3)25(30-5)20(12-15)29-4/h11-14,32H,8-10H2,1-7H3. The zero-order chi connectivity index (χ0) is 23.4. The number of rotatable bonds is 10. The maximum Gasteiger partial charge on any atom is 0.203 e. The molecule has 32 heavy (non-hydrogen) atoms. The quantitative estimate of drug-likeness (QED) is 0.324. The highest BCUT2D eigenvalue weighted by Crippen LogP contribution is 2.40. The topological polar surface area (TPSA) is 67.1 Å². The van der Waals surface area contributed by atoms with E-state index in [1.165, 1.54) is 0 Å². The zero-order valence-corrected chi connectivity index (χ0v) is 21.1. The number of furan rings is 1. The lowest BCUT2D eigenvalue weighted by molar-refractivity contribution is 0.103. The summed E-state index contributed by atoms with van der Waals surface area (Å²) in [7, 11) is 4.97. The van der Waals surface area contributed by atoms with Gasteiger partial charge in [-0.3, -0.25) is 4.79 Å². The number of hydrogen-bond acceptors (Lipinski definition) is 6. The van der Waals surface area contributed by atoms with Crippen LogP contribution in [0.1, 0.15) is 41.4 Å². The molecule has 0 bridgehead atoms. The summed E-state index contributed by atoms with van der Waals surface area (Å²) in [5, 5.41) is 2.05. The average Bonchev–Trinajstić information content (AvgIpc) is 3.18. The number of ether oxygens (including phenoxy) is 4. The molecule has 0 fully saturated rings. The monoisotopic (exact) mass is 456 g/mol. The predicted molar refractivity (Wildman–Crippen MR) is 129 cm³/mol. The van der Waals surface area contributed by atoms with Crippen molar-refractivity contribution in [1.29, 1.82) is 0 Å². The van der Waals surface area contributed by atoms with Crippen LogP contribution in [-0.2, 0) is 6.42 Å². The van der Waals surface area contributed by atoms with Crippen LogP contribution in [0.15, 0.2) is 28.7 Å². The fourth-order valence-corrected chi connectivity index (χ4v) is 5.33. The van der Waals surface area contributed by atoms with Crippen molar-refractivity contribution >= 4 is 30.7 Å². The minimum atomic E-state index is -1.30. The molecule has 0 aliphatic carbocycles. The van der Waals surface area contributed by atoms with Gasteiger partial charge < -0.3 is 23.4 Å². The Morgan fingerprint density at radius 1 is 0.938 bits per heavy atom. The summed E-state index contributed by atoms with van der Waals surface area (Å²) in [4.78, 5) is 13.9. The van der Waals surface area contributed by atoms with Crippen molar-refractivity contribution in [3.05, 3.63) is 41.2 Å². The number of benzene rings is 2. The molecule has 3 rings (SSSR count). The van der Waals surface area contributed by atoms with Crippen LogP contribution < -0.4 is 24.1 Å². The summed E-state index contributed by atoms with van der Waals surface area (Å²) in [6.07, 6.45) is 2.63. The van der Waals surface area contributed by atoms with Gasteiger partial charge in [-0.05, 0) is 29.8 Å². The Morgan fingerprint density at radius 2 is 1.59 bits per heavy atom. The Hall–Kier alpha value is -2.93. The molecule has 0 atom stereocenters. The number of fused-ring (bicyclic) bond motifs is 1. The molecule has 0 N–H and O–H groups in total. The summed E-state index contributed by atoms with van der Waals surface area (Å²) >= 11 is 0. The first kappa shape index (κ1) is 23.7. The second kappa shape index (κ2) is 10.1. The fourth-order valence-electron chi connectivity index (χ4n) is 3.97. The maximum atomic E-state index is 13.9. The SMILES string of the molecule is CCCCc1oc2cc(OC)cc([SiH](C)C)c2c1C(=O)c1cc(OC)c(OC)c(OC)c1. The molecule has 0 aliphatic rings. The van der Waals surface area contributed by atoms with Gasteiger partial charge in [0.05, 0.1) is 42.8 Å². The summed E-state index contributed by atoms with van der Waals surface area (Å²) in [5.74, 6) is 2.68. The summed E-state index contributed by atoms with van der Waals surface area (Å²) in [6, 6.07) is 7.31. The van der Waals surface area contributed by atoms with Crippen molar-refractivity contribution in [2.24, 2.45) is 0 Å². The maximum absolute atomic E-state index is 13.9. The number of aryl methyl sites for hydroxylation is 1. The van der Waals surface area contributed by atoms with E-state index in [1.54, 1.807) is 40.6 Å². The van der Waals surface area contributed by atoms with E-state index in [0.717, 1.165) is 29.2 Å². The van der Waals surface area contributed by atoms with Gasteiger partial charge in [0, 0.05) is 23.4 Å². The number of ketones is 1. The van der Waals surface area contributed by atoms with Crippen LogP contribution in [-0.4, -0.2) is 43.0 Å². The Kier molecular flexibility index (Phi) is 7.51. The van der Waals surface area contributed by atoms with Gasteiger partial charge in [0.15, 0.2) is 17.3 Å². The third-order valence-corrected chi connectivity index (χ3v) is 7.34. The number of methoxy groups -OCH3 is 4. The van der Waals surface area contributed by atoms with Crippen LogP contribution in [0.4, 0.5) is 0 Å². The van der Waals surface area contributed by atoms with Gasteiger partial charge in [-0.2, -0.15) is 0 Å². The van der Waals surface area contributed by atoms with Crippen molar-refractivity contribution in [2.45, 2.75) is 39.3 Å². The van der Waals surface area contributed by atoms with E-state index in [1.807, 2.05) is 12.1 Å². The smallest absolute Gasteiger partial charge is 0.203 e. The van der Waals surface area contributed by atoms with Gasteiger partial charge >= 0.3 is 0 Å². The summed E-state index contributed by atoms with van der Waals surface area (Å²) in [5.41, 5.74) is 1.79. The fraction of sp³-hybridized carbons (Fsp3) is 0.400. The minimum absolute atomic E-state index is 0.116. The number of unbranched alkanes of at least 4 members (excludes halogenated alkanes) is 1. The summed E-state index contributed by atoms with van der Waals surface area (Å²) < 4.78 is 28.1. The van der Waals surface area contributed by atoms with Crippen LogP contribution in [0.3, 0.4) is 0 Å². The normalized spacial score (nSPS) is 11.1. The number of hydrogen-bond donors (Lipinski definition) is 0. The van der Waals surface area contributed by atoms with Crippen LogP contribution in [0.5, 0.6) is 23.0 Å². The lowest BCUT2D eigenvalue weighted by Crippen LogP contribution is -2.24. The molecule has 0 spiro atoms. The van der Waals surface area contributed by atoms with Gasteiger partial charge in [-0.25, -0.2) is 0 Å². The molecule has 1 heterocycles. The van der Waals surface area contributed by atoms with Gasteiger partial charge in [0.25, 0.3) is 0 Å². The van der Waals surface area contributed by atoms with Gasteiger partial charge in [0.1, 0.15) is 17.1 Å². The molecule has 0 amide bonds. The van der Waals surface area contributed by atoms with Crippen molar-refractivity contribution in [1.82, 2.24) is 0 Å². The molecule has 0 aliphatic heterocycles. The molecule has 0 saturated carbocycles. The molecular weight excluding hydrogens is 424 g/mol. The van der Waals surface area contributed by atoms with Crippen molar-refractivity contribution in [3.63, 3.8) is 0 Å². The van der Waals surface area contributed by atoms with Crippen LogP contribution in [0.25, 0.3) is 11.0 Å². The summed E-state index contributed by atoms with van der Waals surface area (Å²) in [6.45, 7) is 6.60. The first-order chi connectivity index (χ1) is 15.4. The highest BCUT2D eigenvalue weighted by Gasteiger charge is 2.27. The first-order valence-corrected chi connectivity index (χ1v) is 13.8. The molecule has 0 unspecified atom stereocenters. The van der Waals surface area contributed by atoms with Crippen LogP contribution >= 0.6 is 0 Å². The minimum Gasteiger partial charge on any atom is -0.497 e. The van der Waals surface area contributed by atoms with E-state index < -0.39 is 8.80 Å². The van der Waals surface area contributed by atoms with E-state index in [9.17, 15) is 4.79 Å². The van der Waals surface area contributed by atoms with E-state index in [2.05, 4.69) is 20.0 Å². The Morgan fingerprint density at radius 3 is 2.09 bits per heavy atom. The molecule has 1 aromatic heterocycles. The van der Waals surface area contributed by atoms with Gasteiger partial charge in [-0.15, -0.1) is 0 Å². The molecule has 0 saturated heterocycles. The van der Waals surface area contributed by atoms with Crippen LogP contribution in [0.2, 0.25) is 13.1 Å². The van der Waals surface area contributed by atoms with E-state index in [4.69, 9.17) is 23.4 Å². The molecule has 2 aromatic carbocycles. The third kappa shape index (κ3) is 4.34.